The average Bonchev–Trinajstić information content (AvgIpc) is 2.40. The molecule has 1 saturated carbocycles. The topological polar surface area (TPSA) is 57.6 Å². The maximum atomic E-state index is 12.6. The van der Waals surface area contributed by atoms with E-state index in [0.29, 0.717) is 24.6 Å². The molecule has 1 saturated heterocycles. The van der Waals surface area contributed by atoms with Crippen molar-refractivity contribution in [2.45, 2.75) is 63.8 Å². The van der Waals surface area contributed by atoms with Gasteiger partial charge in [0, 0.05) is 19.2 Å². The van der Waals surface area contributed by atoms with Gasteiger partial charge in [0.25, 0.3) is 0 Å². The number of rotatable bonds is 5. The Morgan fingerprint density at radius 2 is 1.68 bits per heavy atom. The average molecular weight is 289 g/mol. The molecule has 0 aromatic heterocycles. The Morgan fingerprint density at radius 1 is 1.00 bits per heavy atom. The predicted octanol–water partition coefficient (Wildman–Crippen LogP) is 2.13. The molecule has 0 radical (unpaired) electrons. The van der Waals surface area contributed by atoms with Gasteiger partial charge in [0.15, 0.2) is 0 Å². The molecular weight excluding hydrogens is 262 g/mol. The van der Waals surface area contributed by atoms with Gasteiger partial charge in [0.2, 0.25) is 10.0 Å². The summed E-state index contributed by atoms with van der Waals surface area (Å²) in [5.41, 5.74) is 0. The molecule has 0 amide bonds. The molecular formula is C14H27NO3S. The van der Waals surface area contributed by atoms with E-state index in [0.717, 1.165) is 32.1 Å². The zero-order chi connectivity index (χ0) is 13.7. The molecule has 2 rings (SSSR count). The van der Waals surface area contributed by atoms with Crippen molar-refractivity contribution in [1.82, 2.24) is 4.31 Å². The maximum Gasteiger partial charge on any atom is 0.214 e. The van der Waals surface area contributed by atoms with E-state index in [1.165, 1.54) is 19.3 Å². The number of nitrogens with zero attached hydrogens (tertiary/aromatic N) is 1. The highest BCUT2D eigenvalue weighted by atomic mass is 32.2. The number of aliphatic hydroxyl groups is 1. The molecule has 0 bridgehead atoms. The summed E-state index contributed by atoms with van der Waals surface area (Å²) in [6.07, 6.45) is 9.30. The van der Waals surface area contributed by atoms with Gasteiger partial charge in [-0.25, -0.2) is 8.42 Å². The quantitative estimate of drug-likeness (QED) is 0.843. The summed E-state index contributed by atoms with van der Waals surface area (Å²) in [6, 6.07) is 0.0346. The van der Waals surface area contributed by atoms with Gasteiger partial charge in [-0.3, -0.25) is 0 Å². The van der Waals surface area contributed by atoms with Crippen molar-refractivity contribution in [2.75, 3.05) is 18.9 Å². The second kappa shape index (κ2) is 7.04. The third-order valence-electron chi connectivity index (χ3n) is 4.56. The molecule has 1 N–H and O–H groups in total. The lowest BCUT2D eigenvalue weighted by molar-refractivity contribution is 0.191. The van der Waals surface area contributed by atoms with Crippen LogP contribution in [0.15, 0.2) is 0 Å². The molecule has 1 heterocycles. The smallest absolute Gasteiger partial charge is 0.214 e. The zero-order valence-electron chi connectivity index (χ0n) is 11.8. The molecule has 19 heavy (non-hydrogen) atoms. The van der Waals surface area contributed by atoms with Gasteiger partial charge in [-0.15, -0.1) is 0 Å². The third-order valence-corrected chi connectivity index (χ3v) is 6.65. The fraction of sp³-hybridized carbons (Fsp3) is 1.00. The minimum atomic E-state index is -3.13. The Morgan fingerprint density at radius 3 is 2.37 bits per heavy atom. The van der Waals surface area contributed by atoms with Crippen LogP contribution in [0, 0.1) is 5.92 Å². The summed E-state index contributed by atoms with van der Waals surface area (Å²) < 4.78 is 26.9. The first-order chi connectivity index (χ1) is 9.13. The van der Waals surface area contributed by atoms with Gasteiger partial charge in [0.1, 0.15) is 0 Å². The second-order valence-corrected chi connectivity index (χ2v) is 8.02. The second-order valence-electron chi connectivity index (χ2n) is 6.06. The van der Waals surface area contributed by atoms with Gasteiger partial charge in [0.05, 0.1) is 5.75 Å². The fourth-order valence-corrected chi connectivity index (χ4v) is 5.72. The number of hydrogen-bond donors (Lipinski definition) is 1. The lowest BCUT2D eigenvalue weighted by Gasteiger charge is -2.35. The molecule has 1 aliphatic carbocycles. The monoisotopic (exact) mass is 289 g/mol. The number of sulfonamides is 1. The first kappa shape index (κ1) is 15.3. The Hall–Kier alpha value is -0.130. The minimum Gasteiger partial charge on any atom is -0.396 e. The lowest BCUT2D eigenvalue weighted by atomic mass is 9.91. The molecule has 112 valence electrons. The van der Waals surface area contributed by atoms with Gasteiger partial charge < -0.3 is 5.11 Å². The summed E-state index contributed by atoms with van der Waals surface area (Å²) >= 11 is 0. The van der Waals surface area contributed by atoms with E-state index in [1.807, 2.05) is 0 Å². The van der Waals surface area contributed by atoms with Crippen molar-refractivity contribution in [1.29, 1.82) is 0 Å². The number of piperidine rings is 1. The minimum absolute atomic E-state index is 0.0346. The molecule has 0 aromatic rings. The van der Waals surface area contributed by atoms with Crippen molar-refractivity contribution in [2.24, 2.45) is 5.92 Å². The fourth-order valence-electron chi connectivity index (χ4n) is 3.53. The van der Waals surface area contributed by atoms with Crippen molar-refractivity contribution < 1.29 is 13.5 Å². The normalized spacial score (nSPS) is 27.5. The SMILES string of the molecule is O=S(=O)(CC1CCCCC1)N1CCCCC1CCO. The van der Waals surface area contributed by atoms with Gasteiger partial charge in [-0.2, -0.15) is 4.31 Å². The van der Waals surface area contributed by atoms with Crippen molar-refractivity contribution >= 4 is 10.0 Å². The van der Waals surface area contributed by atoms with E-state index in [9.17, 15) is 8.42 Å². The third kappa shape index (κ3) is 4.17. The standard InChI is InChI=1S/C14H27NO3S/c16-11-9-14-8-4-5-10-15(14)19(17,18)12-13-6-2-1-3-7-13/h13-14,16H,1-12H2. The molecule has 4 nitrogen and oxygen atoms in total. The van der Waals surface area contributed by atoms with Crippen LogP contribution in [0.4, 0.5) is 0 Å². The first-order valence-corrected chi connectivity index (χ1v) is 9.35. The Kier molecular flexibility index (Phi) is 5.66. The molecule has 5 heteroatoms. The van der Waals surface area contributed by atoms with Crippen LogP contribution in [-0.2, 0) is 10.0 Å². The van der Waals surface area contributed by atoms with Gasteiger partial charge >= 0.3 is 0 Å². The van der Waals surface area contributed by atoms with Crippen LogP contribution < -0.4 is 0 Å². The number of hydrogen-bond acceptors (Lipinski definition) is 3. The van der Waals surface area contributed by atoms with E-state index in [2.05, 4.69) is 0 Å². The van der Waals surface area contributed by atoms with Gasteiger partial charge in [-0.05, 0) is 38.0 Å². The van der Waals surface area contributed by atoms with Crippen LogP contribution in [-0.4, -0.2) is 42.8 Å². The Bertz CT molecular complexity index is 361. The molecule has 0 spiro atoms. The summed E-state index contributed by atoms with van der Waals surface area (Å²) in [6.45, 7) is 0.736. The first-order valence-electron chi connectivity index (χ1n) is 7.74. The molecule has 2 fully saturated rings. The zero-order valence-corrected chi connectivity index (χ0v) is 12.6. The van der Waals surface area contributed by atoms with Crippen LogP contribution in [0.2, 0.25) is 0 Å². The predicted molar refractivity (Wildman–Crippen MR) is 76.4 cm³/mol. The largest absolute Gasteiger partial charge is 0.396 e. The van der Waals surface area contributed by atoms with E-state index < -0.39 is 10.0 Å². The van der Waals surface area contributed by atoms with Crippen LogP contribution in [0.25, 0.3) is 0 Å². The summed E-state index contributed by atoms with van der Waals surface area (Å²) in [5.74, 6) is 0.685. The number of aliphatic hydroxyl groups excluding tert-OH is 1. The molecule has 1 atom stereocenters. The molecule has 1 aliphatic heterocycles. The van der Waals surface area contributed by atoms with Crippen molar-refractivity contribution in [3.8, 4) is 0 Å². The Labute approximate surface area is 117 Å². The molecule has 0 aromatic carbocycles. The van der Waals surface area contributed by atoms with Crippen molar-refractivity contribution in [3.05, 3.63) is 0 Å². The Balaban J connectivity index is 1.99. The van der Waals surface area contributed by atoms with Crippen LogP contribution in [0.1, 0.15) is 57.8 Å². The maximum absolute atomic E-state index is 12.6. The van der Waals surface area contributed by atoms with Crippen molar-refractivity contribution in [3.63, 3.8) is 0 Å². The van der Waals surface area contributed by atoms with E-state index in [1.54, 1.807) is 4.31 Å². The summed E-state index contributed by atoms with van der Waals surface area (Å²) in [4.78, 5) is 0. The lowest BCUT2D eigenvalue weighted by Crippen LogP contribution is -2.46. The molecule has 1 unspecified atom stereocenters. The van der Waals surface area contributed by atoms with E-state index in [-0.39, 0.29) is 12.6 Å². The highest BCUT2D eigenvalue weighted by molar-refractivity contribution is 7.89. The van der Waals surface area contributed by atoms with Crippen LogP contribution in [0.5, 0.6) is 0 Å². The van der Waals surface area contributed by atoms with Gasteiger partial charge in [-0.1, -0.05) is 25.7 Å². The van der Waals surface area contributed by atoms with E-state index >= 15 is 0 Å². The summed E-state index contributed by atoms with van der Waals surface area (Å²) in [7, 11) is -3.13. The summed E-state index contributed by atoms with van der Waals surface area (Å²) in [5, 5.41) is 9.10. The van der Waals surface area contributed by atoms with Crippen LogP contribution in [0.3, 0.4) is 0 Å². The van der Waals surface area contributed by atoms with Crippen LogP contribution >= 0.6 is 0 Å². The highest BCUT2D eigenvalue weighted by Gasteiger charge is 2.33. The molecule has 2 aliphatic rings. The highest BCUT2D eigenvalue weighted by Crippen LogP contribution is 2.29. The van der Waals surface area contributed by atoms with E-state index in [4.69, 9.17) is 5.11 Å².